The quantitative estimate of drug-likeness (QED) is 0.161. The molecule has 0 spiro atoms. The molecule has 12 rings (SSSR count). The van der Waals surface area contributed by atoms with E-state index in [1.165, 1.54) is 21.8 Å². The van der Waals surface area contributed by atoms with E-state index >= 15 is 0 Å². The van der Waals surface area contributed by atoms with Gasteiger partial charge in [-0.3, -0.25) is 0 Å². The number of nitrogens with zero attached hydrogens (tertiary/aromatic N) is 4. The van der Waals surface area contributed by atoms with Crippen LogP contribution in [0.3, 0.4) is 0 Å². The van der Waals surface area contributed by atoms with Crippen LogP contribution in [0.15, 0.2) is 231 Å². The first kappa shape index (κ1) is 35.6. The Hall–Kier alpha value is -8.34. The van der Waals surface area contributed by atoms with Crippen molar-refractivity contribution in [2.24, 2.45) is 0 Å². The Morgan fingerprint density at radius 1 is 0.339 bits per heavy atom. The standard InChI is InChI=1S/C58H38N4/c1-5-18-39(19-6-1)51-36-45(37-52(59-51)44-26-17-27-47(35-44)61-53-30-15-13-28-49(53)50-29-14-16-31-54(50)61)43-32-33-48-46(34-43)38-55(40-20-7-2-8-21-40)62-58(48)56(41-22-9-3-10-23-41)57(60-62)42-24-11-4-12-25-42/h1-38H. The molecule has 290 valence electrons. The minimum Gasteiger partial charge on any atom is -0.309 e. The number of fused-ring (bicyclic) bond motifs is 6. The summed E-state index contributed by atoms with van der Waals surface area (Å²) in [5.74, 6) is 0. The van der Waals surface area contributed by atoms with E-state index < -0.39 is 0 Å². The van der Waals surface area contributed by atoms with E-state index in [0.717, 1.165) is 89.3 Å². The average Bonchev–Trinajstić information content (AvgIpc) is 3.92. The molecule has 0 atom stereocenters. The molecule has 0 aliphatic carbocycles. The highest BCUT2D eigenvalue weighted by molar-refractivity contribution is 6.10. The van der Waals surface area contributed by atoms with Gasteiger partial charge in [-0.25, -0.2) is 9.50 Å². The molecule has 0 aliphatic rings. The number of para-hydroxylation sites is 2. The fourth-order valence-corrected chi connectivity index (χ4v) is 9.22. The maximum Gasteiger partial charge on any atom is 0.101 e. The SMILES string of the molecule is c1ccc(-c2cc(-c3ccc4c(c3)cc(-c3ccccc3)n3nc(-c5ccccc5)c(-c5ccccc5)c43)cc(-c3cccc(-n4c5ccccc5c5ccccc54)c3)n2)cc1. The molecule has 0 aliphatic heterocycles. The lowest BCUT2D eigenvalue weighted by molar-refractivity contribution is 0.979. The number of benzene rings is 8. The van der Waals surface area contributed by atoms with E-state index in [1.54, 1.807) is 0 Å². The van der Waals surface area contributed by atoms with Gasteiger partial charge in [0, 0.05) is 49.7 Å². The topological polar surface area (TPSA) is 35.1 Å². The highest BCUT2D eigenvalue weighted by Crippen LogP contribution is 2.42. The van der Waals surface area contributed by atoms with Crippen molar-refractivity contribution in [2.45, 2.75) is 0 Å². The number of aromatic nitrogens is 4. The summed E-state index contributed by atoms with van der Waals surface area (Å²) in [6, 6.07) is 82.1. The van der Waals surface area contributed by atoms with Crippen LogP contribution in [0.5, 0.6) is 0 Å². The monoisotopic (exact) mass is 790 g/mol. The molecule has 0 saturated carbocycles. The second-order valence-corrected chi connectivity index (χ2v) is 15.8. The zero-order valence-corrected chi connectivity index (χ0v) is 33.7. The van der Waals surface area contributed by atoms with Crippen LogP contribution in [0.4, 0.5) is 0 Å². The molecule has 0 N–H and O–H groups in total. The molecule has 4 heteroatoms. The molecule has 0 bridgehead atoms. The van der Waals surface area contributed by atoms with Gasteiger partial charge in [-0.2, -0.15) is 5.10 Å². The molecular formula is C58H38N4. The van der Waals surface area contributed by atoms with Crippen molar-refractivity contribution in [3.05, 3.63) is 231 Å². The molecule has 0 saturated heterocycles. The molecule has 62 heavy (non-hydrogen) atoms. The number of pyridine rings is 2. The fraction of sp³-hybridized carbons (Fsp3) is 0. The normalized spacial score (nSPS) is 11.5. The first-order chi connectivity index (χ1) is 30.7. The summed E-state index contributed by atoms with van der Waals surface area (Å²) in [7, 11) is 0. The van der Waals surface area contributed by atoms with Gasteiger partial charge in [0.15, 0.2) is 0 Å². The molecule has 0 amide bonds. The molecule has 8 aromatic carbocycles. The summed E-state index contributed by atoms with van der Waals surface area (Å²) in [5, 5.41) is 10.2. The van der Waals surface area contributed by atoms with Crippen LogP contribution >= 0.6 is 0 Å². The Morgan fingerprint density at radius 2 is 0.887 bits per heavy atom. The van der Waals surface area contributed by atoms with Gasteiger partial charge < -0.3 is 4.57 Å². The third kappa shape index (κ3) is 6.00. The van der Waals surface area contributed by atoms with Crippen molar-refractivity contribution in [2.75, 3.05) is 0 Å². The lowest BCUT2D eigenvalue weighted by atomic mass is 9.94. The van der Waals surface area contributed by atoms with E-state index in [4.69, 9.17) is 10.1 Å². The molecule has 4 heterocycles. The van der Waals surface area contributed by atoms with Crippen LogP contribution < -0.4 is 0 Å². The minimum atomic E-state index is 0.916. The van der Waals surface area contributed by atoms with Crippen molar-refractivity contribution < 1.29 is 0 Å². The molecule has 0 unspecified atom stereocenters. The van der Waals surface area contributed by atoms with Crippen molar-refractivity contribution in [1.82, 2.24) is 19.2 Å². The molecule has 4 nitrogen and oxygen atoms in total. The Morgan fingerprint density at radius 3 is 1.55 bits per heavy atom. The average molecular weight is 791 g/mol. The smallest absolute Gasteiger partial charge is 0.101 e. The van der Waals surface area contributed by atoms with Gasteiger partial charge in [0.2, 0.25) is 0 Å². The maximum absolute atomic E-state index is 5.42. The summed E-state index contributed by atoms with van der Waals surface area (Å²) >= 11 is 0. The van der Waals surface area contributed by atoms with Crippen LogP contribution in [-0.2, 0) is 0 Å². The summed E-state index contributed by atoms with van der Waals surface area (Å²) in [5.41, 5.74) is 17.2. The van der Waals surface area contributed by atoms with Gasteiger partial charge in [0.05, 0.1) is 33.6 Å². The van der Waals surface area contributed by atoms with E-state index in [2.05, 4.69) is 240 Å². The second kappa shape index (κ2) is 14.7. The minimum absolute atomic E-state index is 0.916. The van der Waals surface area contributed by atoms with E-state index in [0.29, 0.717) is 0 Å². The summed E-state index contributed by atoms with van der Waals surface area (Å²) in [6.45, 7) is 0. The first-order valence-electron chi connectivity index (χ1n) is 21.1. The van der Waals surface area contributed by atoms with Crippen molar-refractivity contribution in [3.63, 3.8) is 0 Å². The summed E-state index contributed by atoms with van der Waals surface area (Å²) in [6.07, 6.45) is 0. The highest BCUT2D eigenvalue weighted by atomic mass is 15.2. The molecule has 0 radical (unpaired) electrons. The van der Waals surface area contributed by atoms with Gasteiger partial charge in [-0.1, -0.05) is 182 Å². The van der Waals surface area contributed by atoms with Crippen molar-refractivity contribution >= 4 is 38.1 Å². The molecule has 0 fully saturated rings. The van der Waals surface area contributed by atoms with Crippen molar-refractivity contribution in [3.8, 4) is 73.0 Å². The fourth-order valence-electron chi connectivity index (χ4n) is 9.22. The van der Waals surface area contributed by atoms with Gasteiger partial charge in [-0.15, -0.1) is 0 Å². The maximum atomic E-state index is 5.42. The lowest BCUT2D eigenvalue weighted by Crippen LogP contribution is -1.97. The van der Waals surface area contributed by atoms with Gasteiger partial charge in [0.1, 0.15) is 5.69 Å². The third-order valence-corrected chi connectivity index (χ3v) is 12.1. The van der Waals surface area contributed by atoms with E-state index in [1.807, 2.05) is 0 Å². The summed E-state index contributed by atoms with van der Waals surface area (Å²) in [4.78, 5) is 5.36. The molecule has 4 aromatic heterocycles. The number of hydrogen-bond acceptors (Lipinski definition) is 2. The first-order valence-corrected chi connectivity index (χ1v) is 21.1. The van der Waals surface area contributed by atoms with Crippen LogP contribution in [0.1, 0.15) is 0 Å². The van der Waals surface area contributed by atoms with Crippen molar-refractivity contribution in [1.29, 1.82) is 0 Å². The Bertz CT molecular complexity index is 3550. The summed E-state index contributed by atoms with van der Waals surface area (Å²) < 4.78 is 4.53. The van der Waals surface area contributed by atoms with Crippen LogP contribution in [0.25, 0.3) is 111 Å². The number of rotatable bonds is 7. The molecular weight excluding hydrogens is 753 g/mol. The Balaban J connectivity index is 1.08. The van der Waals surface area contributed by atoms with Gasteiger partial charge in [0.25, 0.3) is 0 Å². The Labute approximate surface area is 359 Å². The van der Waals surface area contributed by atoms with Gasteiger partial charge in [-0.05, 0) is 70.6 Å². The molecule has 12 aromatic rings. The predicted molar refractivity (Wildman–Crippen MR) is 257 cm³/mol. The van der Waals surface area contributed by atoms with Crippen LogP contribution in [0, 0.1) is 0 Å². The Kier molecular flexibility index (Phi) is 8.46. The largest absolute Gasteiger partial charge is 0.309 e. The van der Waals surface area contributed by atoms with E-state index in [9.17, 15) is 0 Å². The highest BCUT2D eigenvalue weighted by Gasteiger charge is 2.22. The lowest BCUT2D eigenvalue weighted by Gasteiger charge is -2.14. The van der Waals surface area contributed by atoms with E-state index in [-0.39, 0.29) is 0 Å². The third-order valence-electron chi connectivity index (χ3n) is 12.1. The predicted octanol–water partition coefficient (Wildman–Crippen LogP) is 15.0. The van der Waals surface area contributed by atoms with Gasteiger partial charge >= 0.3 is 0 Å². The van der Waals surface area contributed by atoms with Crippen LogP contribution in [-0.4, -0.2) is 19.2 Å². The number of hydrogen-bond donors (Lipinski definition) is 0. The zero-order valence-electron chi connectivity index (χ0n) is 33.7. The zero-order chi connectivity index (χ0) is 41.0. The van der Waals surface area contributed by atoms with Crippen LogP contribution in [0.2, 0.25) is 0 Å². The second-order valence-electron chi connectivity index (χ2n) is 15.8.